The lowest BCUT2D eigenvalue weighted by Crippen LogP contribution is -2.47. The van der Waals surface area contributed by atoms with Crippen LogP contribution >= 0.6 is 0 Å². The molecule has 2 N–H and O–H groups in total. The summed E-state index contributed by atoms with van der Waals surface area (Å²) in [5.41, 5.74) is 0.671. The van der Waals surface area contributed by atoms with Crippen molar-refractivity contribution in [1.29, 1.82) is 0 Å². The number of nitrogens with one attached hydrogen (secondary N) is 2. The van der Waals surface area contributed by atoms with E-state index in [1.165, 1.54) is 6.42 Å². The molecule has 1 aromatic rings. The van der Waals surface area contributed by atoms with Crippen LogP contribution in [0.15, 0.2) is 29.3 Å². The SMILES string of the molecule is CCOc1ccc(NC(=O)C[C@@H]2N=C(N3C[C@H](C)C[C@H](C)C3)NC2=O)cc1. The number of hydrogen-bond acceptors (Lipinski definition) is 5. The number of anilines is 1. The summed E-state index contributed by atoms with van der Waals surface area (Å²) in [7, 11) is 0. The van der Waals surface area contributed by atoms with Crippen LogP contribution in [0.1, 0.15) is 33.6 Å². The average Bonchev–Trinajstić information content (AvgIpc) is 2.97. The van der Waals surface area contributed by atoms with Gasteiger partial charge in [-0.25, -0.2) is 4.99 Å². The van der Waals surface area contributed by atoms with E-state index >= 15 is 0 Å². The van der Waals surface area contributed by atoms with E-state index in [4.69, 9.17) is 4.74 Å². The Morgan fingerprint density at radius 2 is 1.93 bits per heavy atom. The van der Waals surface area contributed by atoms with E-state index in [1.54, 1.807) is 24.3 Å². The number of aliphatic imine (C=N–C) groups is 1. The van der Waals surface area contributed by atoms with Gasteiger partial charge in [-0.1, -0.05) is 13.8 Å². The Hall–Kier alpha value is -2.57. The van der Waals surface area contributed by atoms with Crippen molar-refractivity contribution in [3.63, 3.8) is 0 Å². The highest BCUT2D eigenvalue weighted by atomic mass is 16.5. The van der Waals surface area contributed by atoms with Crippen LogP contribution < -0.4 is 15.4 Å². The normalized spacial score (nSPS) is 25.0. The van der Waals surface area contributed by atoms with Gasteiger partial charge >= 0.3 is 0 Å². The summed E-state index contributed by atoms with van der Waals surface area (Å²) in [5, 5.41) is 5.66. The van der Waals surface area contributed by atoms with E-state index in [9.17, 15) is 9.59 Å². The number of piperidine rings is 1. The minimum absolute atomic E-state index is 0.0293. The summed E-state index contributed by atoms with van der Waals surface area (Å²) in [5.74, 6) is 2.05. The Labute approximate surface area is 160 Å². The first-order chi connectivity index (χ1) is 12.9. The standard InChI is InChI=1S/C20H28N4O3/c1-4-27-16-7-5-15(6-8-16)21-18(25)10-17-19(26)23-20(22-17)24-11-13(2)9-14(3)12-24/h5-8,13-14,17H,4,9-12H2,1-3H3,(H,21,25)(H,22,23,26)/t13-,14+,17-/m0/s1. The molecule has 0 bridgehead atoms. The number of likely N-dealkylation sites (tertiary alicyclic amines) is 1. The lowest BCUT2D eigenvalue weighted by Gasteiger charge is -2.35. The third-order valence-electron chi connectivity index (χ3n) is 4.81. The third-order valence-corrected chi connectivity index (χ3v) is 4.81. The molecule has 27 heavy (non-hydrogen) atoms. The molecule has 1 fully saturated rings. The quantitative estimate of drug-likeness (QED) is 0.830. The van der Waals surface area contributed by atoms with Crippen LogP contribution in [0.2, 0.25) is 0 Å². The molecule has 0 radical (unpaired) electrons. The summed E-state index contributed by atoms with van der Waals surface area (Å²) < 4.78 is 5.38. The fourth-order valence-corrected chi connectivity index (χ4v) is 3.76. The highest BCUT2D eigenvalue weighted by Gasteiger charge is 2.33. The van der Waals surface area contributed by atoms with Gasteiger partial charge in [-0.3, -0.25) is 14.9 Å². The van der Waals surface area contributed by atoms with Crippen LogP contribution in [0.25, 0.3) is 0 Å². The van der Waals surface area contributed by atoms with Gasteiger partial charge in [0.25, 0.3) is 5.91 Å². The van der Waals surface area contributed by atoms with Gasteiger partial charge in [0.15, 0.2) is 0 Å². The van der Waals surface area contributed by atoms with Crippen molar-refractivity contribution in [2.75, 3.05) is 25.0 Å². The third kappa shape index (κ3) is 4.99. The molecule has 2 aliphatic heterocycles. The first kappa shape index (κ1) is 19.2. The molecule has 3 rings (SSSR count). The van der Waals surface area contributed by atoms with E-state index in [2.05, 4.69) is 34.4 Å². The fourth-order valence-electron chi connectivity index (χ4n) is 3.76. The zero-order valence-corrected chi connectivity index (χ0v) is 16.2. The highest BCUT2D eigenvalue weighted by molar-refractivity contribution is 6.07. The number of guanidine groups is 1. The number of carbonyl (C=O) groups excluding carboxylic acids is 2. The molecule has 1 aromatic carbocycles. The van der Waals surface area contributed by atoms with Crippen molar-refractivity contribution >= 4 is 23.5 Å². The Kier molecular flexibility index (Phi) is 5.98. The van der Waals surface area contributed by atoms with Crippen molar-refractivity contribution in [2.24, 2.45) is 16.8 Å². The predicted octanol–water partition coefficient (Wildman–Crippen LogP) is 2.25. The maximum absolute atomic E-state index is 12.3. The van der Waals surface area contributed by atoms with Gasteiger partial charge in [0.1, 0.15) is 11.8 Å². The molecule has 3 atom stereocenters. The molecule has 7 nitrogen and oxygen atoms in total. The number of carbonyl (C=O) groups is 2. The molecule has 146 valence electrons. The molecular formula is C20H28N4O3. The molecule has 1 saturated heterocycles. The zero-order valence-electron chi connectivity index (χ0n) is 16.2. The molecule has 7 heteroatoms. The molecule has 0 aliphatic carbocycles. The summed E-state index contributed by atoms with van der Waals surface area (Å²) in [4.78, 5) is 31.2. The van der Waals surface area contributed by atoms with Crippen molar-refractivity contribution in [3.05, 3.63) is 24.3 Å². The second-order valence-electron chi connectivity index (χ2n) is 7.52. The van der Waals surface area contributed by atoms with Gasteiger partial charge in [0, 0.05) is 18.8 Å². The van der Waals surface area contributed by atoms with E-state index in [0.717, 1.165) is 18.8 Å². The molecule has 0 unspecified atom stereocenters. The molecular weight excluding hydrogens is 344 g/mol. The molecule has 2 aliphatic rings. The van der Waals surface area contributed by atoms with Gasteiger partial charge in [0.05, 0.1) is 13.0 Å². The monoisotopic (exact) mass is 372 g/mol. The minimum atomic E-state index is -0.671. The number of benzene rings is 1. The van der Waals surface area contributed by atoms with Crippen LogP contribution in [-0.2, 0) is 9.59 Å². The molecule has 0 aromatic heterocycles. The Balaban J connectivity index is 1.57. The number of rotatable bonds is 5. The van der Waals surface area contributed by atoms with E-state index in [0.29, 0.717) is 30.1 Å². The zero-order chi connectivity index (χ0) is 19.4. The molecule has 0 spiro atoms. The van der Waals surface area contributed by atoms with E-state index in [-0.39, 0.29) is 18.2 Å². The van der Waals surface area contributed by atoms with Crippen LogP contribution in [0.4, 0.5) is 5.69 Å². The molecule has 2 heterocycles. The molecule has 0 saturated carbocycles. The topological polar surface area (TPSA) is 83.0 Å². The van der Waals surface area contributed by atoms with Gasteiger partial charge in [-0.2, -0.15) is 0 Å². The largest absolute Gasteiger partial charge is 0.494 e. The van der Waals surface area contributed by atoms with Crippen LogP contribution in [0, 0.1) is 11.8 Å². The van der Waals surface area contributed by atoms with Crippen molar-refractivity contribution in [3.8, 4) is 5.75 Å². The number of hydrogen-bond donors (Lipinski definition) is 2. The lowest BCUT2D eigenvalue weighted by atomic mass is 9.92. The average molecular weight is 372 g/mol. The van der Waals surface area contributed by atoms with Gasteiger partial charge in [-0.15, -0.1) is 0 Å². The van der Waals surface area contributed by atoms with Crippen LogP contribution in [0.3, 0.4) is 0 Å². The van der Waals surface area contributed by atoms with Crippen LogP contribution in [0.5, 0.6) is 5.75 Å². The number of ether oxygens (including phenoxy) is 1. The van der Waals surface area contributed by atoms with Gasteiger partial charge < -0.3 is 15.0 Å². The fraction of sp³-hybridized carbons (Fsp3) is 0.550. The summed E-state index contributed by atoms with van der Waals surface area (Å²) in [6, 6.07) is 6.49. The lowest BCUT2D eigenvalue weighted by molar-refractivity contribution is -0.124. The van der Waals surface area contributed by atoms with Crippen molar-refractivity contribution in [1.82, 2.24) is 10.2 Å². The summed E-state index contributed by atoms with van der Waals surface area (Å²) >= 11 is 0. The van der Waals surface area contributed by atoms with Crippen molar-refractivity contribution < 1.29 is 14.3 Å². The van der Waals surface area contributed by atoms with E-state index < -0.39 is 6.04 Å². The van der Waals surface area contributed by atoms with Gasteiger partial charge in [-0.05, 0) is 49.4 Å². The number of amides is 2. The smallest absolute Gasteiger partial charge is 0.252 e. The van der Waals surface area contributed by atoms with E-state index in [1.807, 2.05) is 6.92 Å². The number of nitrogens with zero attached hydrogens (tertiary/aromatic N) is 2. The Morgan fingerprint density at radius 1 is 1.26 bits per heavy atom. The molecule has 2 amide bonds. The predicted molar refractivity (Wildman–Crippen MR) is 105 cm³/mol. The van der Waals surface area contributed by atoms with Gasteiger partial charge in [0.2, 0.25) is 11.9 Å². The maximum atomic E-state index is 12.3. The first-order valence-corrected chi connectivity index (χ1v) is 9.61. The first-order valence-electron chi connectivity index (χ1n) is 9.61. The second kappa shape index (κ2) is 8.41. The van der Waals surface area contributed by atoms with Crippen molar-refractivity contribution in [2.45, 2.75) is 39.7 Å². The Bertz CT molecular complexity index is 706. The Morgan fingerprint density at radius 3 is 2.56 bits per heavy atom. The summed E-state index contributed by atoms with van der Waals surface area (Å²) in [6.07, 6.45) is 1.22. The minimum Gasteiger partial charge on any atom is -0.494 e. The maximum Gasteiger partial charge on any atom is 0.252 e. The summed E-state index contributed by atoms with van der Waals surface area (Å²) in [6.45, 7) is 8.70. The second-order valence-corrected chi connectivity index (χ2v) is 7.52. The highest BCUT2D eigenvalue weighted by Crippen LogP contribution is 2.22. The van der Waals surface area contributed by atoms with Crippen LogP contribution in [-0.4, -0.2) is 48.4 Å².